The second-order valence-corrected chi connectivity index (χ2v) is 9.25. The molecule has 28 heavy (non-hydrogen) atoms. The molecule has 2 aromatic rings. The number of fused-ring (bicyclic) bond motifs is 1. The maximum atomic E-state index is 13.4. The van der Waals surface area contributed by atoms with E-state index >= 15 is 0 Å². The molecule has 1 fully saturated rings. The van der Waals surface area contributed by atoms with Gasteiger partial charge < -0.3 is 9.80 Å². The molecule has 4 rings (SSSR count). The van der Waals surface area contributed by atoms with Gasteiger partial charge >= 0.3 is 0 Å². The smallest absolute Gasteiger partial charge is 0.243 e. The third-order valence-electron chi connectivity index (χ3n) is 5.84. The molecule has 0 bridgehead atoms. The normalized spacial score (nSPS) is 18.9. The van der Waals surface area contributed by atoms with E-state index in [4.69, 9.17) is 0 Å². The van der Waals surface area contributed by atoms with Crippen LogP contribution in [0.1, 0.15) is 54.3 Å². The minimum Gasteiger partial charge on any atom is -0.330 e. The van der Waals surface area contributed by atoms with Gasteiger partial charge in [0.05, 0.1) is 6.04 Å². The number of hydrogen-bond acceptors (Lipinski definition) is 3. The van der Waals surface area contributed by atoms with Gasteiger partial charge in [0.15, 0.2) is 0 Å². The maximum absolute atomic E-state index is 13.4. The van der Waals surface area contributed by atoms with Crippen molar-refractivity contribution in [2.24, 2.45) is 5.92 Å². The van der Waals surface area contributed by atoms with Gasteiger partial charge in [-0.2, -0.15) is 0 Å². The van der Waals surface area contributed by atoms with Crippen LogP contribution in [0.25, 0.3) is 0 Å². The summed E-state index contributed by atoms with van der Waals surface area (Å²) >= 11 is 1.78. The minimum absolute atomic E-state index is 0.0566. The summed E-state index contributed by atoms with van der Waals surface area (Å²) in [5.74, 6) is 0.0768. The number of rotatable bonds is 5. The number of thiophene rings is 1. The molecule has 2 heterocycles. The van der Waals surface area contributed by atoms with Gasteiger partial charge in [-0.25, -0.2) is 0 Å². The lowest BCUT2D eigenvalue weighted by molar-refractivity contribution is -0.144. The van der Waals surface area contributed by atoms with Gasteiger partial charge in [0.25, 0.3) is 0 Å². The van der Waals surface area contributed by atoms with Crippen LogP contribution in [-0.4, -0.2) is 40.7 Å². The zero-order valence-corrected chi connectivity index (χ0v) is 17.7. The SMILES string of the molecule is Cc1ccccc1[C@@H]1c2ccsc2CCN1C(=O)CN(C(=O)C(C)C)C1CC1. The molecule has 5 heteroatoms. The molecule has 1 atom stereocenters. The summed E-state index contributed by atoms with van der Waals surface area (Å²) < 4.78 is 0. The van der Waals surface area contributed by atoms with Crippen molar-refractivity contribution in [2.75, 3.05) is 13.1 Å². The summed E-state index contributed by atoms with van der Waals surface area (Å²) in [6.45, 7) is 6.84. The van der Waals surface area contributed by atoms with Crippen LogP contribution < -0.4 is 0 Å². The molecule has 1 aliphatic heterocycles. The van der Waals surface area contributed by atoms with Gasteiger partial charge in [0.2, 0.25) is 11.8 Å². The van der Waals surface area contributed by atoms with E-state index in [2.05, 4.69) is 30.5 Å². The lowest BCUT2D eigenvalue weighted by Crippen LogP contribution is -2.48. The molecule has 1 aliphatic carbocycles. The average Bonchev–Trinajstić information content (AvgIpc) is 3.41. The van der Waals surface area contributed by atoms with Gasteiger partial charge in [-0.1, -0.05) is 38.1 Å². The second kappa shape index (κ2) is 7.70. The van der Waals surface area contributed by atoms with Crippen molar-refractivity contribution in [3.63, 3.8) is 0 Å². The number of amides is 2. The molecule has 4 nitrogen and oxygen atoms in total. The highest BCUT2D eigenvalue weighted by atomic mass is 32.1. The van der Waals surface area contributed by atoms with Crippen molar-refractivity contribution in [3.8, 4) is 0 Å². The van der Waals surface area contributed by atoms with Gasteiger partial charge in [-0.3, -0.25) is 9.59 Å². The zero-order valence-electron chi connectivity index (χ0n) is 16.9. The van der Waals surface area contributed by atoms with Gasteiger partial charge in [0, 0.05) is 23.4 Å². The van der Waals surface area contributed by atoms with Crippen molar-refractivity contribution < 1.29 is 9.59 Å². The zero-order chi connectivity index (χ0) is 19.8. The molecule has 1 saturated carbocycles. The van der Waals surface area contributed by atoms with Crippen LogP contribution in [0.4, 0.5) is 0 Å². The van der Waals surface area contributed by atoms with Crippen molar-refractivity contribution >= 4 is 23.2 Å². The van der Waals surface area contributed by atoms with Crippen LogP contribution in [0.15, 0.2) is 35.7 Å². The Morgan fingerprint density at radius 1 is 1.18 bits per heavy atom. The number of benzene rings is 1. The van der Waals surface area contributed by atoms with Crippen LogP contribution in [0.3, 0.4) is 0 Å². The number of carbonyl (C=O) groups excluding carboxylic acids is 2. The lowest BCUT2D eigenvalue weighted by atomic mass is 9.90. The Labute approximate surface area is 171 Å². The standard InChI is InChI=1S/C23H28N2O2S/c1-15(2)23(27)25(17-8-9-17)14-21(26)24-12-10-20-19(11-13-28-20)22(24)18-7-5-4-6-16(18)3/h4-7,11,13,15,17,22H,8-10,12,14H2,1-3H3/t22-/m1/s1. The Morgan fingerprint density at radius 3 is 2.61 bits per heavy atom. The molecule has 1 aromatic heterocycles. The highest BCUT2D eigenvalue weighted by Crippen LogP contribution is 2.39. The molecule has 1 aromatic carbocycles. The third-order valence-corrected chi connectivity index (χ3v) is 6.84. The van der Waals surface area contributed by atoms with E-state index in [-0.39, 0.29) is 36.4 Å². The van der Waals surface area contributed by atoms with E-state index in [1.807, 2.05) is 35.8 Å². The number of carbonyl (C=O) groups is 2. The Bertz CT molecular complexity index is 884. The van der Waals surface area contributed by atoms with Gasteiger partial charge in [-0.15, -0.1) is 11.3 Å². The first-order valence-corrected chi connectivity index (χ1v) is 11.1. The summed E-state index contributed by atoms with van der Waals surface area (Å²) in [6.07, 6.45) is 2.92. The van der Waals surface area contributed by atoms with Crippen molar-refractivity contribution in [2.45, 2.75) is 52.1 Å². The predicted octanol–water partition coefficient (Wildman–Crippen LogP) is 4.18. The molecule has 0 radical (unpaired) electrons. The predicted molar refractivity (Wildman–Crippen MR) is 112 cm³/mol. The van der Waals surface area contributed by atoms with Gasteiger partial charge in [-0.05, 0) is 54.3 Å². The van der Waals surface area contributed by atoms with Crippen LogP contribution in [0.2, 0.25) is 0 Å². The number of nitrogens with zero attached hydrogens (tertiary/aromatic N) is 2. The Hall–Kier alpha value is -2.14. The average molecular weight is 397 g/mol. The summed E-state index contributed by atoms with van der Waals surface area (Å²) in [4.78, 5) is 31.3. The molecular formula is C23H28N2O2S. The fraction of sp³-hybridized carbons (Fsp3) is 0.478. The molecule has 0 saturated heterocycles. The van der Waals surface area contributed by atoms with E-state index < -0.39 is 0 Å². The highest BCUT2D eigenvalue weighted by molar-refractivity contribution is 7.10. The molecule has 0 N–H and O–H groups in total. The molecule has 2 amide bonds. The molecular weight excluding hydrogens is 368 g/mol. The van der Waals surface area contributed by atoms with E-state index in [1.54, 1.807) is 11.3 Å². The first-order valence-electron chi connectivity index (χ1n) is 10.2. The van der Waals surface area contributed by atoms with Crippen LogP contribution in [0, 0.1) is 12.8 Å². The maximum Gasteiger partial charge on any atom is 0.243 e. The Balaban J connectivity index is 1.64. The Kier molecular flexibility index (Phi) is 5.28. The Morgan fingerprint density at radius 2 is 1.93 bits per heavy atom. The van der Waals surface area contributed by atoms with Crippen molar-refractivity contribution in [3.05, 3.63) is 57.3 Å². The third kappa shape index (κ3) is 3.60. The lowest BCUT2D eigenvalue weighted by Gasteiger charge is -2.38. The fourth-order valence-corrected chi connectivity index (χ4v) is 5.06. The van der Waals surface area contributed by atoms with E-state index in [9.17, 15) is 9.59 Å². The molecule has 0 spiro atoms. The van der Waals surface area contributed by atoms with Crippen LogP contribution >= 0.6 is 11.3 Å². The van der Waals surface area contributed by atoms with Crippen LogP contribution in [0.5, 0.6) is 0 Å². The monoisotopic (exact) mass is 396 g/mol. The number of aryl methyl sites for hydroxylation is 1. The second-order valence-electron chi connectivity index (χ2n) is 8.25. The largest absolute Gasteiger partial charge is 0.330 e. The highest BCUT2D eigenvalue weighted by Gasteiger charge is 2.38. The first kappa shape index (κ1) is 19.2. The van der Waals surface area contributed by atoms with E-state index in [0.29, 0.717) is 6.54 Å². The molecule has 148 valence electrons. The summed E-state index contributed by atoms with van der Waals surface area (Å²) in [7, 11) is 0. The fourth-order valence-electron chi connectivity index (χ4n) is 4.16. The molecule has 0 unspecified atom stereocenters. The summed E-state index contributed by atoms with van der Waals surface area (Å²) in [5, 5.41) is 2.13. The van der Waals surface area contributed by atoms with Crippen molar-refractivity contribution in [1.29, 1.82) is 0 Å². The van der Waals surface area contributed by atoms with Crippen molar-refractivity contribution in [1.82, 2.24) is 9.80 Å². The quantitative estimate of drug-likeness (QED) is 0.761. The van der Waals surface area contributed by atoms with E-state index in [0.717, 1.165) is 19.3 Å². The van der Waals surface area contributed by atoms with Crippen LogP contribution in [-0.2, 0) is 16.0 Å². The summed E-state index contributed by atoms with van der Waals surface area (Å²) in [6, 6.07) is 10.7. The van der Waals surface area contributed by atoms with E-state index in [1.165, 1.54) is 21.6 Å². The van der Waals surface area contributed by atoms with Gasteiger partial charge in [0.1, 0.15) is 6.54 Å². The topological polar surface area (TPSA) is 40.6 Å². The number of hydrogen-bond donors (Lipinski definition) is 0. The summed E-state index contributed by atoms with van der Waals surface area (Å²) in [5.41, 5.74) is 3.62. The first-order chi connectivity index (χ1) is 13.5. The molecule has 2 aliphatic rings. The minimum atomic E-state index is -0.0783.